The van der Waals surface area contributed by atoms with Gasteiger partial charge in [0, 0.05) is 24.9 Å². The summed E-state index contributed by atoms with van der Waals surface area (Å²) in [6.07, 6.45) is 1.23. The van der Waals surface area contributed by atoms with E-state index in [4.69, 9.17) is 14.2 Å². The lowest BCUT2D eigenvalue weighted by Gasteiger charge is -2.60. The summed E-state index contributed by atoms with van der Waals surface area (Å²) >= 11 is 0. The molecule has 35 heavy (non-hydrogen) atoms. The number of carbonyl (C=O) groups excluding carboxylic acids is 2. The molecule has 4 rings (SSSR count). The molecule has 0 bridgehead atoms. The Morgan fingerprint density at radius 1 is 1.14 bits per heavy atom. The highest BCUT2D eigenvalue weighted by atomic mass is 16.7. The molecule has 2 fully saturated rings. The van der Waals surface area contributed by atoms with E-state index in [9.17, 15) is 19.8 Å². The van der Waals surface area contributed by atoms with Gasteiger partial charge in [0.1, 0.15) is 6.10 Å². The first kappa shape index (κ1) is 25.6. The predicted molar refractivity (Wildman–Crippen MR) is 128 cm³/mol. The lowest BCUT2D eigenvalue weighted by Crippen LogP contribution is -2.61. The van der Waals surface area contributed by atoms with Crippen LogP contribution in [0.5, 0.6) is 11.5 Å². The number of nitrogens with one attached hydrogen (secondary N) is 2. The molecule has 0 aromatic heterocycles. The van der Waals surface area contributed by atoms with E-state index in [0.717, 1.165) is 5.56 Å². The van der Waals surface area contributed by atoms with Crippen LogP contribution >= 0.6 is 0 Å². The van der Waals surface area contributed by atoms with Crippen LogP contribution in [-0.4, -0.2) is 54.4 Å². The van der Waals surface area contributed by atoms with Crippen molar-refractivity contribution in [3.05, 3.63) is 23.8 Å². The van der Waals surface area contributed by atoms with Gasteiger partial charge in [-0.15, -0.1) is 0 Å². The van der Waals surface area contributed by atoms with E-state index in [0.29, 0.717) is 50.3 Å². The second-order valence-electron chi connectivity index (χ2n) is 10.6. The fourth-order valence-electron chi connectivity index (χ4n) is 6.62. The van der Waals surface area contributed by atoms with Crippen LogP contribution in [0.3, 0.4) is 0 Å². The van der Waals surface area contributed by atoms with E-state index < -0.39 is 23.7 Å². The fraction of sp³-hybridized carbons (Fsp3) is 0.692. The number of ether oxygens (including phenoxy) is 3. The van der Waals surface area contributed by atoms with Crippen LogP contribution in [0.15, 0.2) is 18.2 Å². The molecule has 0 spiro atoms. The van der Waals surface area contributed by atoms with Crippen molar-refractivity contribution in [3.8, 4) is 11.5 Å². The van der Waals surface area contributed by atoms with Gasteiger partial charge in [0.2, 0.25) is 12.7 Å². The molecule has 0 radical (unpaired) electrons. The van der Waals surface area contributed by atoms with Crippen molar-refractivity contribution in [1.29, 1.82) is 0 Å². The summed E-state index contributed by atoms with van der Waals surface area (Å²) in [5.41, 5.74) is -0.113. The van der Waals surface area contributed by atoms with Crippen molar-refractivity contribution in [2.75, 3.05) is 19.9 Å². The summed E-state index contributed by atoms with van der Waals surface area (Å²) in [4.78, 5) is 25.1. The molecule has 4 N–H and O–H groups in total. The molecule has 1 aromatic carbocycles. The van der Waals surface area contributed by atoms with Crippen LogP contribution < -0.4 is 20.1 Å². The standard InChI is InChI=1S/C26H38N2O7/c1-4-27-24(32)35-22-9-10-25(2)17(18(30)6-8-21(25)26(22,3)14-29)12-23(31)28-13-16-5-7-19-20(11-16)34-15-33-19/h5,7,11,17-18,21-22,29-30H,4,6,8-10,12-15H2,1-3H3,(H,27,32)(H,28,31)/t17-,18-,21?,22-,25+,26+/m1/s1. The highest BCUT2D eigenvalue weighted by molar-refractivity contribution is 5.76. The van der Waals surface area contributed by atoms with Gasteiger partial charge < -0.3 is 35.1 Å². The first-order valence-electron chi connectivity index (χ1n) is 12.6. The monoisotopic (exact) mass is 490 g/mol. The Hall–Kier alpha value is -2.52. The Labute approximate surface area is 206 Å². The first-order chi connectivity index (χ1) is 16.7. The van der Waals surface area contributed by atoms with Crippen LogP contribution in [0, 0.1) is 22.7 Å². The van der Waals surface area contributed by atoms with E-state index in [1.54, 1.807) is 0 Å². The SMILES string of the molecule is CCNC(=O)O[C@@H]1CC[C@]2(C)C(CC[C@@H](O)[C@H]2CC(=O)NCc2ccc3c(c2)OCO3)[C@]1(C)CO. The van der Waals surface area contributed by atoms with Crippen LogP contribution in [0.25, 0.3) is 0 Å². The quantitative estimate of drug-likeness (QED) is 0.463. The van der Waals surface area contributed by atoms with Crippen molar-refractivity contribution in [1.82, 2.24) is 10.6 Å². The summed E-state index contributed by atoms with van der Waals surface area (Å²) in [6, 6.07) is 5.58. The summed E-state index contributed by atoms with van der Waals surface area (Å²) in [5, 5.41) is 27.1. The van der Waals surface area contributed by atoms with Gasteiger partial charge in [0.25, 0.3) is 0 Å². The Morgan fingerprint density at radius 3 is 2.66 bits per heavy atom. The molecule has 2 saturated carbocycles. The Balaban J connectivity index is 1.44. The number of carbonyl (C=O) groups is 2. The number of fused-ring (bicyclic) bond motifs is 2. The topological polar surface area (TPSA) is 126 Å². The maximum atomic E-state index is 13.0. The third-order valence-corrected chi connectivity index (χ3v) is 8.58. The zero-order chi connectivity index (χ0) is 25.2. The van der Waals surface area contributed by atoms with Gasteiger partial charge in [-0.2, -0.15) is 0 Å². The molecule has 194 valence electrons. The average Bonchev–Trinajstić information content (AvgIpc) is 3.30. The van der Waals surface area contributed by atoms with Crippen LogP contribution in [0.4, 0.5) is 4.79 Å². The van der Waals surface area contributed by atoms with E-state index >= 15 is 0 Å². The summed E-state index contributed by atoms with van der Waals surface area (Å²) in [7, 11) is 0. The molecule has 0 saturated heterocycles. The van der Waals surface area contributed by atoms with Gasteiger partial charge in [-0.3, -0.25) is 4.79 Å². The molecule has 2 aliphatic carbocycles. The van der Waals surface area contributed by atoms with Gasteiger partial charge in [-0.1, -0.05) is 19.9 Å². The van der Waals surface area contributed by atoms with Crippen molar-refractivity contribution in [2.45, 2.75) is 71.6 Å². The molecule has 2 amide bonds. The third kappa shape index (κ3) is 4.93. The first-order valence-corrected chi connectivity index (χ1v) is 12.6. The minimum absolute atomic E-state index is 0.00300. The Morgan fingerprint density at radius 2 is 1.91 bits per heavy atom. The zero-order valence-electron chi connectivity index (χ0n) is 20.8. The van der Waals surface area contributed by atoms with Crippen LogP contribution in [0.1, 0.15) is 58.4 Å². The second kappa shape index (κ2) is 10.2. The van der Waals surface area contributed by atoms with Gasteiger partial charge in [0.05, 0.1) is 12.7 Å². The van der Waals surface area contributed by atoms with Crippen molar-refractivity contribution in [3.63, 3.8) is 0 Å². The number of aliphatic hydroxyl groups is 2. The molecular formula is C26H38N2O7. The highest BCUT2D eigenvalue weighted by Crippen LogP contribution is 2.61. The van der Waals surface area contributed by atoms with Crippen LogP contribution in [-0.2, 0) is 16.1 Å². The number of alkyl carbamates (subject to hydrolysis) is 1. The van der Waals surface area contributed by atoms with Gasteiger partial charge in [-0.25, -0.2) is 4.79 Å². The van der Waals surface area contributed by atoms with E-state index in [1.165, 1.54) is 0 Å². The van der Waals surface area contributed by atoms with Gasteiger partial charge >= 0.3 is 6.09 Å². The van der Waals surface area contributed by atoms with E-state index in [1.807, 2.05) is 32.0 Å². The molecule has 1 aromatic rings. The predicted octanol–water partition coefficient (Wildman–Crippen LogP) is 2.72. The number of hydrogen-bond acceptors (Lipinski definition) is 7. The smallest absolute Gasteiger partial charge is 0.407 e. The summed E-state index contributed by atoms with van der Waals surface area (Å²) in [5.74, 6) is 0.991. The second-order valence-corrected chi connectivity index (χ2v) is 10.6. The van der Waals surface area contributed by atoms with Crippen molar-refractivity contribution < 1.29 is 34.0 Å². The lowest BCUT2D eigenvalue weighted by atomic mass is 9.46. The molecule has 3 aliphatic rings. The molecule has 1 aliphatic heterocycles. The fourth-order valence-corrected chi connectivity index (χ4v) is 6.62. The summed E-state index contributed by atoms with van der Waals surface area (Å²) < 4.78 is 16.5. The number of amides is 2. The highest BCUT2D eigenvalue weighted by Gasteiger charge is 2.60. The molecule has 9 heteroatoms. The molecule has 6 atom stereocenters. The largest absolute Gasteiger partial charge is 0.454 e. The van der Waals surface area contributed by atoms with Crippen molar-refractivity contribution >= 4 is 12.0 Å². The normalized spacial score (nSPS) is 33.5. The maximum Gasteiger partial charge on any atom is 0.407 e. The third-order valence-electron chi connectivity index (χ3n) is 8.58. The number of benzene rings is 1. The minimum Gasteiger partial charge on any atom is -0.454 e. The minimum atomic E-state index is -0.653. The van der Waals surface area contributed by atoms with Gasteiger partial charge in [-0.05, 0) is 67.6 Å². The molecule has 1 heterocycles. The Bertz CT molecular complexity index is 940. The van der Waals surface area contributed by atoms with E-state index in [-0.39, 0.29) is 43.0 Å². The van der Waals surface area contributed by atoms with Gasteiger partial charge in [0.15, 0.2) is 11.5 Å². The van der Waals surface area contributed by atoms with Crippen molar-refractivity contribution in [2.24, 2.45) is 22.7 Å². The molecule has 9 nitrogen and oxygen atoms in total. The molecule has 1 unspecified atom stereocenters. The summed E-state index contributed by atoms with van der Waals surface area (Å²) in [6.45, 7) is 6.81. The zero-order valence-corrected chi connectivity index (χ0v) is 20.8. The van der Waals surface area contributed by atoms with Crippen LogP contribution in [0.2, 0.25) is 0 Å². The molecular weight excluding hydrogens is 452 g/mol. The number of aliphatic hydroxyl groups excluding tert-OH is 2. The number of hydrogen-bond donors (Lipinski definition) is 4. The lowest BCUT2D eigenvalue weighted by molar-refractivity contribution is -0.185. The van der Waals surface area contributed by atoms with E-state index in [2.05, 4.69) is 17.6 Å². The number of rotatable bonds is 7. The maximum absolute atomic E-state index is 13.0. The average molecular weight is 491 g/mol. The Kier molecular flexibility index (Phi) is 7.47.